The van der Waals surface area contributed by atoms with E-state index in [9.17, 15) is 9.59 Å². The molecule has 5 nitrogen and oxygen atoms in total. The van der Waals surface area contributed by atoms with Crippen molar-refractivity contribution < 1.29 is 19.4 Å². The van der Waals surface area contributed by atoms with Gasteiger partial charge in [-0.15, -0.1) is 0 Å². The van der Waals surface area contributed by atoms with Crippen LogP contribution >= 0.6 is 12.6 Å². The average molecular weight is 233 g/mol. The normalized spacial score (nSPS) is 22.5. The van der Waals surface area contributed by atoms with Gasteiger partial charge in [0.15, 0.2) is 6.23 Å². The van der Waals surface area contributed by atoms with Crippen molar-refractivity contribution in [3.8, 4) is 0 Å². The molecule has 0 saturated carbocycles. The summed E-state index contributed by atoms with van der Waals surface area (Å²) in [5.41, 5.74) is 0. The fourth-order valence-corrected chi connectivity index (χ4v) is 1.74. The molecule has 15 heavy (non-hydrogen) atoms. The van der Waals surface area contributed by atoms with Crippen molar-refractivity contribution >= 4 is 24.7 Å². The summed E-state index contributed by atoms with van der Waals surface area (Å²) >= 11 is 4.04. The maximum atomic E-state index is 11.8. The van der Waals surface area contributed by atoms with Crippen LogP contribution in [0.2, 0.25) is 0 Å². The Balaban J connectivity index is 2.59. The molecule has 6 heteroatoms. The molecule has 0 aromatic heterocycles. The Bertz CT molecular complexity index is 258. The number of hydrogen-bond donors (Lipinski definition) is 2. The molecule has 1 aliphatic rings. The molecule has 1 N–H and O–H groups in total. The largest absolute Gasteiger partial charge is 0.507 e. The van der Waals surface area contributed by atoms with Gasteiger partial charge < -0.3 is 14.7 Å². The maximum absolute atomic E-state index is 11.8. The molecule has 1 fully saturated rings. The van der Waals surface area contributed by atoms with E-state index in [2.05, 4.69) is 17.4 Å². The molecule has 0 aromatic carbocycles. The van der Waals surface area contributed by atoms with Gasteiger partial charge in [-0.25, -0.2) is 4.79 Å². The second-order valence-electron chi connectivity index (χ2n) is 3.60. The van der Waals surface area contributed by atoms with Gasteiger partial charge in [-0.1, -0.05) is 6.92 Å². The third kappa shape index (κ3) is 3.02. The van der Waals surface area contributed by atoms with Crippen molar-refractivity contribution in [1.29, 1.82) is 0 Å². The number of carboxylic acid groups (broad SMARTS) is 1. The first-order chi connectivity index (χ1) is 7.06. The summed E-state index contributed by atoms with van der Waals surface area (Å²) in [5, 5.41) is 8.49. The fourth-order valence-electron chi connectivity index (χ4n) is 1.59. The van der Waals surface area contributed by atoms with Gasteiger partial charge in [-0.05, 0) is 6.42 Å². The zero-order valence-electron chi connectivity index (χ0n) is 8.55. The zero-order valence-corrected chi connectivity index (χ0v) is 9.44. The number of ether oxygens (including phenoxy) is 1. The number of carbonyl (C=O) groups excluding carboxylic acids is 1. The predicted molar refractivity (Wildman–Crippen MR) is 56.9 cm³/mol. The van der Waals surface area contributed by atoms with Crippen LogP contribution in [0.3, 0.4) is 0 Å². The van der Waals surface area contributed by atoms with E-state index < -0.39 is 12.4 Å². The molecular formula is C9H15NO4S. The van der Waals surface area contributed by atoms with Crippen molar-refractivity contribution in [3.05, 3.63) is 0 Å². The number of likely N-dealkylation sites (tertiary alicyclic amines) is 1. The standard InChI is InChI=1S/C9H15NO4S/c1-6(5-15)8(11)10-4-2-3-7(10)14-9(12)13/h6-7,15H,2-5H2,1H3,(H,12,13)/t6-,7+/m1/s1. The molecule has 1 heterocycles. The number of hydrogen-bond acceptors (Lipinski definition) is 4. The molecule has 1 amide bonds. The predicted octanol–water partition coefficient (Wildman–Crippen LogP) is 1.20. The van der Waals surface area contributed by atoms with Crippen LogP contribution in [-0.4, -0.2) is 40.6 Å². The monoisotopic (exact) mass is 233 g/mol. The Morgan fingerprint density at radius 3 is 2.87 bits per heavy atom. The van der Waals surface area contributed by atoms with Crippen LogP contribution in [0, 0.1) is 5.92 Å². The van der Waals surface area contributed by atoms with Gasteiger partial charge >= 0.3 is 6.16 Å². The molecule has 1 saturated heterocycles. The molecule has 0 spiro atoms. The number of amides is 1. The minimum absolute atomic E-state index is 0.0891. The number of carbonyl (C=O) groups is 2. The SMILES string of the molecule is C[C@H](CS)C(=O)N1CCC[C@@H]1OC(=O)O. The summed E-state index contributed by atoms with van der Waals surface area (Å²) in [4.78, 5) is 23.6. The van der Waals surface area contributed by atoms with E-state index in [1.54, 1.807) is 6.92 Å². The third-order valence-corrected chi connectivity index (χ3v) is 2.96. The third-order valence-electron chi connectivity index (χ3n) is 2.41. The second kappa shape index (κ2) is 5.25. The van der Waals surface area contributed by atoms with E-state index in [0.717, 1.165) is 6.42 Å². The van der Waals surface area contributed by atoms with Crippen molar-refractivity contribution in [2.24, 2.45) is 5.92 Å². The average Bonchev–Trinajstić information content (AvgIpc) is 2.62. The van der Waals surface area contributed by atoms with Crippen molar-refractivity contribution in [2.75, 3.05) is 12.3 Å². The molecule has 2 atom stereocenters. The van der Waals surface area contributed by atoms with Crippen LogP contribution < -0.4 is 0 Å². The summed E-state index contributed by atoms with van der Waals surface area (Å²) < 4.78 is 4.64. The van der Waals surface area contributed by atoms with Crippen LogP contribution in [-0.2, 0) is 9.53 Å². The molecule has 1 rings (SSSR count). The van der Waals surface area contributed by atoms with E-state index >= 15 is 0 Å². The Hall–Kier alpha value is -0.910. The quantitative estimate of drug-likeness (QED) is 0.567. The van der Waals surface area contributed by atoms with Crippen LogP contribution in [0.25, 0.3) is 0 Å². The van der Waals surface area contributed by atoms with Gasteiger partial charge in [-0.2, -0.15) is 12.6 Å². The molecule has 86 valence electrons. The topological polar surface area (TPSA) is 66.8 Å². The molecule has 0 aliphatic carbocycles. The van der Waals surface area contributed by atoms with E-state index in [-0.39, 0.29) is 11.8 Å². The van der Waals surface area contributed by atoms with E-state index in [1.165, 1.54) is 4.90 Å². The molecule has 0 unspecified atom stereocenters. The zero-order chi connectivity index (χ0) is 11.4. The van der Waals surface area contributed by atoms with Gasteiger partial charge in [0.1, 0.15) is 0 Å². The summed E-state index contributed by atoms with van der Waals surface area (Å²) in [6, 6.07) is 0. The van der Waals surface area contributed by atoms with E-state index in [0.29, 0.717) is 18.7 Å². The molecule has 1 aliphatic heterocycles. The van der Waals surface area contributed by atoms with E-state index in [1.807, 2.05) is 0 Å². The van der Waals surface area contributed by atoms with Crippen molar-refractivity contribution in [1.82, 2.24) is 4.90 Å². The summed E-state index contributed by atoms with van der Waals surface area (Å²) in [6.07, 6.45) is -0.587. The first kappa shape index (κ1) is 12.2. The number of rotatable bonds is 3. The lowest BCUT2D eigenvalue weighted by Crippen LogP contribution is -2.41. The minimum atomic E-state index is -1.33. The van der Waals surface area contributed by atoms with Crippen LogP contribution in [0.15, 0.2) is 0 Å². The highest BCUT2D eigenvalue weighted by molar-refractivity contribution is 7.80. The summed E-state index contributed by atoms with van der Waals surface area (Å²) in [5.74, 6) is 0.162. The fraction of sp³-hybridized carbons (Fsp3) is 0.778. The number of nitrogens with zero attached hydrogens (tertiary/aromatic N) is 1. The smallest absolute Gasteiger partial charge is 0.450 e. The van der Waals surface area contributed by atoms with Crippen molar-refractivity contribution in [3.63, 3.8) is 0 Å². The highest BCUT2D eigenvalue weighted by atomic mass is 32.1. The molecule has 0 bridgehead atoms. The van der Waals surface area contributed by atoms with Gasteiger partial charge in [0.2, 0.25) is 5.91 Å². The number of thiol groups is 1. The maximum Gasteiger partial charge on any atom is 0.507 e. The Morgan fingerprint density at radius 1 is 1.67 bits per heavy atom. The van der Waals surface area contributed by atoms with Crippen molar-refractivity contribution in [2.45, 2.75) is 26.0 Å². The lowest BCUT2D eigenvalue weighted by Gasteiger charge is -2.25. The van der Waals surface area contributed by atoms with Gasteiger partial charge in [-0.3, -0.25) is 4.79 Å². The van der Waals surface area contributed by atoms with Crippen LogP contribution in [0.4, 0.5) is 4.79 Å². The first-order valence-corrected chi connectivity index (χ1v) is 5.50. The van der Waals surface area contributed by atoms with Gasteiger partial charge in [0, 0.05) is 24.6 Å². The molecular weight excluding hydrogens is 218 g/mol. The van der Waals surface area contributed by atoms with Crippen LogP contribution in [0.1, 0.15) is 19.8 Å². The Kier molecular flexibility index (Phi) is 4.26. The Labute approximate surface area is 93.8 Å². The van der Waals surface area contributed by atoms with Gasteiger partial charge in [0.05, 0.1) is 0 Å². The summed E-state index contributed by atoms with van der Waals surface area (Å²) in [6.45, 7) is 2.33. The van der Waals surface area contributed by atoms with Crippen LogP contribution in [0.5, 0.6) is 0 Å². The highest BCUT2D eigenvalue weighted by Crippen LogP contribution is 2.21. The minimum Gasteiger partial charge on any atom is -0.450 e. The molecule has 0 radical (unpaired) electrons. The highest BCUT2D eigenvalue weighted by Gasteiger charge is 2.33. The lowest BCUT2D eigenvalue weighted by atomic mass is 10.2. The molecule has 0 aromatic rings. The second-order valence-corrected chi connectivity index (χ2v) is 3.96. The Morgan fingerprint density at radius 2 is 2.33 bits per heavy atom. The lowest BCUT2D eigenvalue weighted by molar-refractivity contribution is -0.142. The summed E-state index contributed by atoms with van der Waals surface area (Å²) in [7, 11) is 0. The first-order valence-electron chi connectivity index (χ1n) is 4.87. The van der Waals surface area contributed by atoms with E-state index in [4.69, 9.17) is 5.11 Å². The van der Waals surface area contributed by atoms with Gasteiger partial charge in [0.25, 0.3) is 0 Å².